The predicted molar refractivity (Wildman–Crippen MR) is 64.4 cm³/mol. The van der Waals surface area contributed by atoms with Crippen molar-refractivity contribution < 1.29 is 23.1 Å². The molecule has 104 valence electrons. The van der Waals surface area contributed by atoms with Crippen LogP contribution < -0.4 is 0 Å². The topological polar surface area (TPSA) is 63.1 Å². The lowest BCUT2D eigenvalue weighted by molar-refractivity contribution is -0.141. The molecule has 2 rings (SSSR count). The van der Waals surface area contributed by atoms with Gasteiger partial charge >= 0.3 is 12.1 Å². The largest absolute Gasteiger partial charge is 0.475 e. The Labute approximate surface area is 115 Å². The number of carboxylic acids is 1. The molecule has 2 aromatic rings. The zero-order chi connectivity index (χ0) is 14.9. The van der Waals surface area contributed by atoms with Crippen LogP contribution in [-0.4, -0.2) is 21.0 Å². The van der Waals surface area contributed by atoms with Crippen LogP contribution in [0.3, 0.4) is 0 Å². The number of hydrogen-bond donors (Lipinski definition) is 1. The van der Waals surface area contributed by atoms with Crippen molar-refractivity contribution in [1.82, 2.24) is 9.97 Å². The Morgan fingerprint density at radius 1 is 1.15 bits per heavy atom. The number of alkyl halides is 3. The van der Waals surface area contributed by atoms with Gasteiger partial charge in [0, 0.05) is 10.6 Å². The molecular formula is C12H6ClF3N2O2. The molecule has 1 heterocycles. The summed E-state index contributed by atoms with van der Waals surface area (Å²) in [5.41, 5.74) is -1.14. The SMILES string of the molecule is O=C(O)c1nc(-c2ccc(Cl)cc2)cc(C(F)(F)F)n1. The van der Waals surface area contributed by atoms with Gasteiger partial charge in [-0.1, -0.05) is 23.7 Å². The van der Waals surface area contributed by atoms with Crippen LogP contribution in [0.15, 0.2) is 30.3 Å². The van der Waals surface area contributed by atoms with E-state index in [1.165, 1.54) is 24.3 Å². The fourth-order valence-corrected chi connectivity index (χ4v) is 1.58. The standard InChI is InChI=1S/C12H6ClF3N2O2/c13-7-3-1-6(2-4-7)8-5-9(12(14,15)16)18-10(17-8)11(19)20/h1-5H,(H,19,20). The van der Waals surface area contributed by atoms with Crippen LogP contribution in [0, 0.1) is 0 Å². The summed E-state index contributed by atoms with van der Waals surface area (Å²) in [5, 5.41) is 9.18. The molecule has 20 heavy (non-hydrogen) atoms. The highest BCUT2D eigenvalue weighted by Gasteiger charge is 2.34. The minimum absolute atomic E-state index is 0.138. The van der Waals surface area contributed by atoms with Crippen molar-refractivity contribution in [3.05, 3.63) is 46.9 Å². The van der Waals surface area contributed by atoms with Crippen molar-refractivity contribution in [1.29, 1.82) is 0 Å². The van der Waals surface area contributed by atoms with E-state index in [1.807, 2.05) is 0 Å². The van der Waals surface area contributed by atoms with E-state index in [0.717, 1.165) is 0 Å². The maximum atomic E-state index is 12.7. The molecule has 0 aliphatic heterocycles. The summed E-state index contributed by atoms with van der Waals surface area (Å²) in [6, 6.07) is 6.50. The molecule has 0 aliphatic rings. The maximum Gasteiger partial charge on any atom is 0.433 e. The normalized spacial score (nSPS) is 11.4. The van der Waals surface area contributed by atoms with Gasteiger partial charge < -0.3 is 5.11 Å². The number of nitrogens with zero attached hydrogens (tertiary/aromatic N) is 2. The first-order valence-corrected chi connectivity index (χ1v) is 5.60. The Morgan fingerprint density at radius 3 is 2.25 bits per heavy atom. The zero-order valence-corrected chi connectivity index (χ0v) is 10.4. The molecule has 0 aliphatic carbocycles. The lowest BCUT2D eigenvalue weighted by Crippen LogP contribution is -2.14. The quantitative estimate of drug-likeness (QED) is 0.922. The molecule has 8 heteroatoms. The summed E-state index contributed by atoms with van der Waals surface area (Å²) in [5.74, 6) is -2.55. The van der Waals surface area contributed by atoms with Gasteiger partial charge in [-0.05, 0) is 18.2 Å². The first kappa shape index (κ1) is 14.3. The van der Waals surface area contributed by atoms with Crippen molar-refractivity contribution in [2.45, 2.75) is 6.18 Å². The van der Waals surface area contributed by atoms with Gasteiger partial charge in [0.15, 0.2) is 0 Å². The fraction of sp³-hybridized carbons (Fsp3) is 0.0833. The second kappa shape index (κ2) is 5.09. The Balaban J connectivity index is 2.60. The van der Waals surface area contributed by atoms with Crippen LogP contribution >= 0.6 is 11.6 Å². The third kappa shape index (κ3) is 3.05. The number of aromatic carboxylic acids is 1. The summed E-state index contributed by atoms with van der Waals surface area (Å²) in [4.78, 5) is 17.4. The van der Waals surface area contributed by atoms with E-state index in [1.54, 1.807) is 0 Å². The summed E-state index contributed by atoms with van der Waals surface area (Å²) < 4.78 is 38.1. The van der Waals surface area contributed by atoms with Crippen LogP contribution in [0.1, 0.15) is 16.3 Å². The molecular weight excluding hydrogens is 297 g/mol. The van der Waals surface area contributed by atoms with E-state index >= 15 is 0 Å². The van der Waals surface area contributed by atoms with Crippen LogP contribution in [0.5, 0.6) is 0 Å². The summed E-state index contributed by atoms with van der Waals surface area (Å²) in [6.45, 7) is 0. The molecule has 0 spiro atoms. The number of halogens is 4. The van der Waals surface area contributed by atoms with Gasteiger partial charge in [0.25, 0.3) is 0 Å². The van der Waals surface area contributed by atoms with Crippen molar-refractivity contribution in [2.24, 2.45) is 0 Å². The van der Waals surface area contributed by atoms with Crippen molar-refractivity contribution in [3.8, 4) is 11.3 Å². The molecule has 1 aromatic heterocycles. The monoisotopic (exact) mass is 302 g/mol. The first-order valence-electron chi connectivity index (χ1n) is 5.23. The molecule has 1 aromatic carbocycles. The summed E-state index contributed by atoms with van der Waals surface area (Å²) in [7, 11) is 0. The lowest BCUT2D eigenvalue weighted by Gasteiger charge is -2.09. The number of aromatic nitrogens is 2. The van der Waals surface area contributed by atoms with E-state index < -0.39 is 23.7 Å². The molecule has 0 amide bonds. The smallest absolute Gasteiger partial charge is 0.433 e. The van der Waals surface area contributed by atoms with Crippen molar-refractivity contribution >= 4 is 17.6 Å². The Hall–Kier alpha value is -2.15. The Bertz CT molecular complexity index is 657. The number of benzene rings is 1. The third-order valence-corrected chi connectivity index (χ3v) is 2.60. The highest BCUT2D eigenvalue weighted by molar-refractivity contribution is 6.30. The molecule has 0 radical (unpaired) electrons. The molecule has 0 unspecified atom stereocenters. The van der Waals surface area contributed by atoms with Crippen LogP contribution in [-0.2, 0) is 6.18 Å². The number of rotatable bonds is 2. The molecule has 0 saturated heterocycles. The van der Waals surface area contributed by atoms with Crippen LogP contribution in [0.2, 0.25) is 5.02 Å². The zero-order valence-electron chi connectivity index (χ0n) is 9.65. The third-order valence-electron chi connectivity index (χ3n) is 2.35. The second-order valence-corrected chi connectivity index (χ2v) is 4.21. The molecule has 0 saturated carbocycles. The number of hydrogen-bond acceptors (Lipinski definition) is 3. The average molecular weight is 303 g/mol. The number of carboxylic acid groups (broad SMARTS) is 1. The minimum atomic E-state index is -4.76. The fourth-order valence-electron chi connectivity index (χ4n) is 1.46. The van der Waals surface area contributed by atoms with Crippen molar-refractivity contribution in [2.75, 3.05) is 0 Å². The van der Waals surface area contributed by atoms with Crippen LogP contribution in [0.25, 0.3) is 11.3 Å². The molecule has 0 atom stereocenters. The second-order valence-electron chi connectivity index (χ2n) is 3.77. The molecule has 4 nitrogen and oxygen atoms in total. The maximum absolute atomic E-state index is 12.7. The average Bonchev–Trinajstić information content (AvgIpc) is 2.38. The van der Waals surface area contributed by atoms with E-state index in [-0.39, 0.29) is 5.69 Å². The van der Waals surface area contributed by atoms with Gasteiger partial charge in [-0.3, -0.25) is 0 Å². The lowest BCUT2D eigenvalue weighted by atomic mass is 10.1. The van der Waals surface area contributed by atoms with E-state index in [0.29, 0.717) is 16.7 Å². The molecule has 1 N–H and O–H groups in total. The van der Waals surface area contributed by atoms with E-state index in [9.17, 15) is 18.0 Å². The van der Waals surface area contributed by atoms with Gasteiger partial charge in [0.2, 0.25) is 5.82 Å². The first-order chi connectivity index (χ1) is 9.27. The molecule has 0 fully saturated rings. The van der Waals surface area contributed by atoms with Gasteiger partial charge in [0.1, 0.15) is 5.69 Å². The predicted octanol–water partition coefficient (Wildman–Crippen LogP) is 3.51. The van der Waals surface area contributed by atoms with E-state index in [4.69, 9.17) is 16.7 Å². The Kier molecular flexibility index (Phi) is 3.63. The van der Waals surface area contributed by atoms with Gasteiger partial charge in [0.05, 0.1) is 5.69 Å². The molecule has 0 bridgehead atoms. The van der Waals surface area contributed by atoms with Gasteiger partial charge in [-0.2, -0.15) is 13.2 Å². The van der Waals surface area contributed by atoms with Gasteiger partial charge in [-0.15, -0.1) is 0 Å². The summed E-state index contributed by atoms with van der Waals surface area (Å²) in [6.07, 6.45) is -4.76. The van der Waals surface area contributed by atoms with Crippen LogP contribution in [0.4, 0.5) is 13.2 Å². The Morgan fingerprint density at radius 2 is 1.75 bits per heavy atom. The van der Waals surface area contributed by atoms with E-state index in [2.05, 4.69) is 9.97 Å². The highest BCUT2D eigenvalue weighted by atomic mass is 35.5. The van der Waals surface area contributed by atoms with Crippen molar-refractivity contribution in [3.63, 3.8) is 0 Å². The van der Waals surface area contributed by atoms with Gasteiger partial charge in [-0.25, -0.2) is 14.8 Å². The summed E-state index contributed by atoms with van der Waals surface area (Å²) >= 11 is 5.68. The minimum Gasteiger partial charge on any atom is -0.475 e. The number of carbonyl (C=O) groups is 1. The highest BCUT2D eigenvalue weighted by Crippen LogP contribution is 2.30.